The third-order valence-corrected chi connectivity index (χ3v) is 6.90. The fourth-order valence-corrected chi connectivity index (χ4v) is 5.78. The Hall–Kier alpha value is -2.14. The molecule has 1 aromatic rings. The van der Waals surface area contributed by atoms with Gasteiger partial charge in [-0.15, -0.1) is 0 Å². The number of rotatable bonds is 12. The van der Waals surface area contributed by atoms with Crippen molar-refractivity contribution in [3.8, 4) is 17.6 Å². The predicted octanol–water partition coefficient (Wildman–Crippen LogP) is 4.76. The van der Waals surface area contributed by atoms with Crippen LogP contribution in [0.3, 0.4) is 0 Å². The van der Waals surface area contributed by atoms with Gasteiger partial charge >= 0.3 is 5.97 Å². The molecule has 1 aromatic carbocycles. The van der Waals surface area contributed by atoms with Crippen LogP contribution in [0.2, 0.25) is 19.6 Å². The molecule has 1 unspecified atom stereocenters. The summed E-state index contributed by atoms with van der Waals surface area (Å²) in [4.78, 5) is 23.8. The van der Waals surface area contributed by atoms with E-state index in [1.54, 1.807) is 0 Å². The van der Waals surface area contributed by atoms with Crippen molar-refractivity contribution in [2.45, 2.75) is 83.2 Å². The lowest BCUT2D eigenvalue weighted by Crippen LogP contribution is -2.44. The first-order chi connectivity index (χ1) is 16.0. The largest absolute Gasteiger partial charge is 0.490 e. The van der Waals surface area contributed by atoms with Crippen LogP contribution in [0.1, 0.15) is 51.9 Å². The molecule has 0 spiro atoms. The van der Waals surface area contributed by atoms with Gasteiger partial charge in [0.1, 0.15) is 23.7 Å². The summed E-state index contributed by atoms with van der Waals surface area (Å²) in [6.45, 7) is 8.49. The highest BCUT2D eigenvalue weighted by atomic mass is 28.4. The zero-order chi connectivity index (χ0) is 25.2. The minimum atomic E-state index is -1.94. The molecular weight excluding hydrogens is 448 g/mol. The van der Waals surface area contributed by atoms with E-state index in [-0.39, 0.29) is 30.7 Å². The number of benzene rings is 1. The van der Waals surface area contributed by atoms with Crippen LogP contribution in [0.25, 0.3) is 0 Å². The molecule has 0 radical (unpaired) electrons. The van der Waals surface area contributed by atoms with Gasteiger partial charge in [0.15, 0.2) is 8.32 Å². The van der Waals surface area contributed by atoms with Crippen molar-refractivity contribution < 1.29 is 28.6 Å². The molecule has 188 valence electrons. The molecule has 2 rings (SSSR count). The number of hydrogen-bond donors (Lipinski definition) is 1. The number of carbonyl (C=O) groups is 2. The number of aliphatic hydroxyl groups is 1. The van der Waals surface area contributed by atoms with E-state index < -0.39 is 25.9 Å². The number of Topliss-reactive ketones (excluding diaryl/α,β-unsaturated/α-hetero) is 1. The third-order valence-electron chi connectivity index (χ3n) is 5.84. The second-order valence-electron chi connectivity index (χ2n) is 10.2. The Morgan fingerprint density at radius 1 is 1.15 bits per heavy atom. The van der Waals surface area contributed by atoms with Crippen LogP contribution in [0.15, 0.2) is 30.3 Å². The number of esters is 1. The number of unbranched alkanes of at least 4 members (excludes halogenated alkanes) is 3. The first-order valence-electron chi connectivity index (χ1n) is 12.2. The topological polar surface area (TPSA) is 82.1 Å². The van der Waals surface area contributed by atoms with Crippen LogP contribution in [0.4, 0.5) is 0 Å². The Morgan fingerprint density at radius 3 is 2.47 bits per heavy atom. The van der Waals surface area contributed by atoms with Crippen molar-refractivity contribution >= 4 is 20.1 Å². The standard InChI is InChI=1S/C27H40O6Si/c1-27(33-34(3,4)5,20-32-21-13-9-8-10-14-21)18-17-23-22(24(28)19-25(23)29)15-11-6-7-12-16-26(30)31-2/h8-10,13-14,22-23,25,29H,6-7,11-12,15-16,19-20H2,1-5H3/t22-,23-,25+,27?/m1/s1. The number of methoxy groups -OCH3 is 1. The molecule has 34 heavy (non-hydrogen) atoms. The summed E-state index contributed by atoms with van der Waals surface area (Å²) < 4.78 is 17.0. The van der Waals surface area contributed by atoms with E-state index in [1.807, 2.05) is 37.3 Å². The zero-order valence-electron chi connectivity index (χ0n) is 21.3. The van der Waals surface area contributed by atoms with Crippen molar-refractivity contribution in [1.82, 2.24) is 0 Å². The Morgan fingerprint density at radius 2 is 1.82 bits per heavy atom. The van der Waals surface area contributed by atoms with Gasteiger partial charge in [-0.05, 0) is 51.5 Å². The molecule has 0 amide bonds. The van der Waals surface area contributed by atoms with E-state index in [0.717, 1.165) is 31.4 Å². The maximum atomic E-state index is 12.6. The molecule has 0 saturated heterocycles. The van der Waals surface area contributed by atoms with E-state index >= 15 is 0 Å². The van der Waals surface area contributed by atoms with Crippen LogP contribution in [-0.2, 0) is 18.8 Å². The molecule has 7 heteroatoms. The van der Waals surface area contributed by atoms with Gasteiger partial charge in [0, 0.05) is 18.8 Å². The van der Waals surface area contributed by atoms with Crippen molar-refractivity contribution in [2.75, 3.05) is 13.7 Å². The van der Waals surface area contributed by atoms with E-state index in [1.165, 1.54) is 7.11 Å². The molecule has 1 fully saturated rings. The first-order valence-corrected chi connectivity index (χ1v) is 15.6. The van der Waals surface area contributed by atoms with Crippen molar-refractivity contribution in [3.05, 3.63) is 30.3 Å². The minimum Gasteiger partial charge on any atom is -0.490 e. The number of carbonyl (C=O) groups excluding carboxylic acids is 2. The number of ketones is 1. The fraction of sp³-hybridized carbons (Fsp3) is 0.630. The molecular formula is C27H40O6Si. The summed E-state index contributed by atoms with van der Waals surface area (Å²) in [7, 11) is -0.548. The van der Waals surface area contributed by atoms with Gasteiger partial charge in [0.2, 0.25) is 0 Å². The van der Waals surface area contributed by atoms with Crippen molar-refractivity contribution in [3.63, 3.8) is 0 Å². The molecule has 0 bridgehead atoms. The molecule has 0 aromatic heterocycles. The van der Waals surface area contributed by atoms with E-state index in [0.29, 0.717) is 12.8 Å². The van der Waals surface area contributed by atoms with Crippen LogP contribution in [0, 0.1) is 23.7 Å². The first kappa shape index (κ1) is 28.1. The summed E-state index contributed by atoms with van der Waals surface area (Å²) in [6, 6.07) is 9.55. The Kier molecular flexibility index (Phi) is 10.8. The van der Waals surface area contributed by atoms with E-state index in [4.69, 9.17) is 9.16 Å². The minimum absolute atomic E-state index is 0.0784. The van der Waals surface area contributed by atoms with Gasteiger partial charge in [0.25, 0.3) is 0 Å². The summed E-state index contributed by atoms with van der Waals surface area (Å²) in [5.74, 6) is 6.44. The fourth-order valence-electron chi connectivity index (χ4n) is 4.32. The maximum absolute atomic E-state index is 12.6. The molecule has 4 atom stereocenters. The third kappa shape index (κ3) is 9.61. The summed E-state index contributed by atoms with van der Waals surface area (Å²) in [5, 5.41) is 10.6. The summed E-state index contributed by atoms with van der Waals surface area (Å²) >= 11 is 0. The second-order valence-corrected chi connectivity index (χ2v) is 14.6. The van der Waals surface area contributed by atoms with Gasteiger partial charge in [-0.1, -0.05) is 49.3 Å². The average molecular weight is 489 g/mol. The summed E-state index contributed by atoms with van der Waals surface area (Å²) in [6.07, 6.45) is 4.00. The number of para-hydroxylation sites is 1. The predicted molar refractivity (Wildman–Crippen MR) is 135 cm³/mol. The maximum Gasteiger partial charge on any atom is 0.305 e. The molecule has 1 N–H and O–H groups in total. The molecule has 1 aliphatic carbocycles. The van der Waals surface area contributed by atoms with E-state index in [9.17, 15) is 14.7 Å². The van der Waals surface area contributed by atoms with Gasteiger partial charge in [-0.2, -0.15) is 0 Å². The smallest absolute Gasteiger partial charge is 0.305 e. The van der Waals surface area contributed by atoms with Gasteiger partial charge in [-0.3, -0.25) is 9.59 Å². The SMILES string of the molecule is COC(=O)CCCCCC[C@H]1C(=O)C[C@H](O)[C@@H]1C#CC(C)(COc1ccccc1)O[Si](C)(C)C. The van der Waals surface area contributed by atoms with Gasteiger partial charge in [-0.25, -0.2) is 0 Å². The van der Waals surface area contributed by atoms with Crippen molar-refractivity contribution in [1.29, 1.82) is 0 Å². The van der Waals surface area contributed by atoms with E-state index in [2.05, 4.69) is 36.2 Å². The zero-order valence-corrected chi connectivity index (χ0v) is 22.3. The lowest BCUT2D eigenvalue weighted by molar-refractivity contribution is -0.140. The molecule has 0 heterocycles. The van der Waals surface area contributed by atoms with Crippen molar-refractivity contribution in [2.24, 2.45) is 11.8 Å². The lowest BCUT2D eigenvalue weighted by Gasteiger charge is -2.32. The Balaban J connectivity index is 2.03. The molecule has 1 aliphatic rings. The normalized spacial score (nSPS) is 21.9. The number of ether oxygens (including phenoxy) is 2. The average Bonchev–Trinajstić information content (AvgIpc) is 3.04. The van der Waals surface area contributed by atoms with Crippen LogP contribution < -0.4 is 4.74 Å². The Labute approximate surface area is 205 Å². The van der Waals surface area contributed by atoms with Crippen LogP contribution in [-0.4, -0.2) is 50.6 Å². The monoisotopic (exact) mass is 488 g/mol. The highest BCUT2D eigenvalue weighted by Crippen LogP contribution is 2.33. The molecule has 0 aliphatic heterocycles. The highest BCUT2D eigenvalue weighted by Gasteiger charge is 2.41. The quantitative estimate of drug-likeness (QED) is 0.198. The lowest BCUT2D eigenvalue weighted by atomic mass is 9.89. The second kappa shape index (κ2) is 13.1. The molecule has 1 saturated carbocycles. The molecule has 6 nitrogen and oxygen atoms in total. The summed E-state index contributed by atoms with van der Waals surface area (Å²) in [5.41, 5.74) is -0.843. The Bertz CT molecular complexity index is 853. The number of aliphatic hydroxyl groups excluding tert-OH is 1. The van der Waals surface area contributed by atoms with Gasteiger partial charge < -0.3 is 19.0 Å². The number of hydrogen-bond acceptors (Lipinski definition) is 6. The van der Waals surface area contributed by atoms with Crippen LogP contribution >= 0.6 is 0 Å². The highest BCUT2D eigenvalue weighted by molar-refractivity contribution is 6.69. The van der Waals surface area contributed by atoms with Crippen LogP contribution in [0.5, 0.6) is 5.75 Å². The van der Waals surface area contributed by atoms with Gasteiger partial charge in [0.05, 0.1) is 19.1 Å².